The number of hydrogen-bond acceptors (Lipinski definition) is 4. The number of pyridine rings is 1. The van der Waals surface area contributed by atoms with Crippen LogP contribution in [0.1, 0.15) is 5.69 Å². The highest BCUT2D eigenvalue weighted by Crippen LogP contribution is 2.09. The molecule has 0 radical (unpaired) electrons. The minimum Gasteiger partial charge on any atom is -0.359 e. The highest BCUT2D eigenvalue weighted by Gasteiger charge is 2.05. The van der Waals surface area contributed by atoms with Crippen molar-refractivity contribution in [2.45, 2.75) is 6.54 Å². The third-order valence-electron chi connectivity index (χ3n) is 1.73. The van der Waals surface area contributed by atoms with Crippen molar-refractivity contribution in [3.63, 3.8) is 0 Å². The maximum atomic E-state index is 4.29. The Hall–Kier alpha value is -1.03. The summed E-state index contributed by atoms with van der Waals surface area (Å²) in [7, 11) is 0. The summed E-state index contributed by atoms with van der Waals surface area (Å²) in [5, 5.41) is 4.30. The van der Waals surface area contributed by atoms with Gasteiger partial charge in [0.25, 0.3) is 0 Å². The molecule has 1 N–H and O–H groups in total. The van der Waals surface area contributed by atoms with Gasteiger partial charge in [-0.2, -0.15) is 0 Å². The van der Waals surface area contributed by atoms with Crippen LogP contribution in [-0.4, -0.2) is 22.4 Å². The summed E-state index contributed by atoms with van der Waals surface area (Å²) in [5.74, 6) is 1.10. The summed E-state index contributed by atoms with van der Waals surface area (Å²) in [5.41, 5.74) is 1.05. The van der Waals surface area contributed by atoms with Crippen LogP contribution in [0.4, 0.5) is 0 Å². The minimum atomic E-state index is 0.771. The Morgan fingerprint density at radius 2 is 2.46 bits per heavy atom. The van der Waals surface area contributed by atoms with E-state index in [1.807, 2.05) is 18.2 Å². The number of hydrogen-bond donors (Lipinski definition) is 1. The Bertz CT molecular complexity index is 297. The van der Waals surface area contributed by atoms with Crippen LogP contribution in [0.15, 0.2) is 29.4 Å². The fourth-order valence-corrected chi connectivity index (χ4v) is 1.84. The number of aliphatic imine (C=N–C) groups is 1. The maximum absolute atomic E-state index is 4.29. The molecule has 3 nitrogen and oxygen atoms in total. The average Bonchev–Trinajstić information content (AvgIpc) is 2.69. The van der Waals surface area contributed by atoms with Crippen LogP contribution in [-0.2, 0) is 6.54 Å². The zero-order chi connectivity index (χ0) is 8.93. The van der Waals surface area contributed by atoms with E-state index in [2.05, 4.69) is 15.3 Å². The van der Waals surface area contributed by atoms with Crippen LogP contribution in [0.2, 0.25) is 0 Å². The standard InChI is InChI=1S/C9H11N3S/c1-2-4-10-8(3-1)7-12-9-11-5-6-13-9/h1-4H,5-7H2,(H,11,12). The molecule has 68 valence electrons. The predicted molar refractivity (Wildman–Crippen MR) is 55.8 cm³/mol. The van der Waals surface area contributed by atoms with Gasteiger partial charge < -0.3 is 5.32 Å². The molecule has 0 amide bonds. The molecule has 13 heavy (non-hydrogen) atoms. The lowest BCUT2D eigenvalue weighted by molar-refractivity contribution is 0.881. The van der Waals surface area contributed by atoms with Crippen LogP contribution < -0.4 is 5.32 Å². The highest BCUT2D eigenvalue weighted by atomic mass is 32.2. The van der Waals surface area contributed by atoms with Gasteiger partial charge in [-0.25, -0.2) is 0 Å². The Labute approximate surface area is 81.7 Å². The van der Waals surface area contributed by atoms with E-state index < -0.39 is 0 Å². The van der Waals surface area contributed by atoms with Gasteiger partial charge in [-0.1, -0.05) is 17.8 Å². The van der Waals surface area contributed by atoms with Crippen LogP contribution in [0.5, 0.6) is 0 Å². The van der Waals surface area contributed by atoms with Gasteiger partial charge in [0, 0.05) is 11.9 Å². The molecule has 1 aromatic heterocycles. The predicted octanol–water partition coefficient (Wildman–Crippen LogP) is 1.27. The van der Waals surface area contributed by atoms with E-state index >= 15 is 0 Å². The molecule has 0 atom stereocenters. The van der Waals surface area contributed by atoms with E-state index in [1.165, 1.54) is 0 Å². The maximum Gasteiger partial charge on any atom is 0.156 e. The molecule has 1 aliphatic heterocycles. The first-order valence-corrected chi connectivity index (χ1v) is 5.25. The fourth-order valence-electron chi connectivity index (χ4n) is 1.11. The molecule has 0 unspecified atom stereocenters. The van der Waals surface area contributed by atoms with Crippen molar-refractivity contribution in [1.82, 2.24) is 10.3 Å². The second-order valence-electron chi connectivity index (χ2n) is 2.71. The first-order chi connectivity index (χ1) is 6.45. The zero-order valence-corrected chi connectivity index (χ0v) is 8.05. The van der Waals surface area contributed by atoms with E-state index in [4.69, 9.17) is 0 Å². The third kappa shape index (κ3) is 2.45. The summed E-state index contributed by atoms with van der Waals surface area (Å²) < 4.78 is 0. The Morgan fingerprint density at radius 1 is 1.46 bits per heavy atom. The summed E-state index contributed by atoms with van der Waals surface area (Å²) in [6.45, 7) is 1.71. The van der Waals surface area contributed by atoms with Crippen molar-refractivity contribution in [2.24, 2.45) is 4.99 Å². The number of nitrogens with one attached hydrogen (secondary N) is 1. The Morgan fingerprint density at radius 3 is 3.15 bits per heavy atom. The molecule has 0 bridgehead atoms. The van der Waals surface area contributed by atoms with Gasteiger partial charge in [0.15, 0.2) is 5.17 Å². The number of nitrogens with zero attached hydrogens (tertiary/aromatic N) is 2. The normalized spacial score (nSPS) is 15.5. The molecule has 0 aromatic carbocycles. The van der Waals surface area contributed by atoms with E-state index in [9.17, 15) is 0 Å². The molecular weight excluding hydrogens is 182 g/mol. The SMILES string of the molecule is c1ccc(CNC2=NCCS2)nc1. The van der Waals surface area contributed by atoms with E-state index in [1.54, 1.807) is 18.0 Å². The lowest BCUT2D eigenvalue weighted by Crippen LogP contribution is -2.18. The quantitative estimate of drug-likeness (QED) is 0.768. The summed E-state index contributed by atoms with van der Waals surface area (Å²) >= 11 is 1.77. The largest absolute Gasteiger partial charge is 0.359 e. The van der Waals surface area contributed by atoms with Gasteiger partial charge in [-0.05, 0) is 12.1 Å². The second-order valence-corrected chi connectivity index (χ2v) is 3.79. The monoisotopic (exact) mass is 193 g/mol. The highest BCUT2D eigenvalue weighted by molar-refractivity contribution is 8.14. The first-order valence-electron chi connectivity index (χ1n) is 4.26. The summed E-state index contributed by atoms with van der Waals surface area (Å²) in [4.78, 5) is 8.50. The van der Waals surface area contributed by atoms with Crippen LogP contribution in [0.25, 0.3) is 0 Å². The van der Waals surface area contributed by atoms with Crippen molar-refractivity contribution in [2.75, 3.05) is 12.3 Å². The molecule has 2 heterocycles. The average molecular weight is 193 g/mol. The molecule has 1 aliphatic rings. The van der Waals surface area contributed by atoms with Gasteiger partial charge in [-0.15, -0.1) is 0 Å². The molecule has 0 fully saturated rings. The third-order valence-corrected chi connectivity index (χ3v) is 2.67. The smallest absolute Gasteiger partial charge is 0.156 e. The van der Waals surface area contributed by atoms with Crippen LogP contribution in [0, 0.1) is 0 Å². The molecule has 0 saturated heterocycles. The topological polar surface area (TPSA) is 37.3 Å². The van der Waals surface area contributed by atoms with Gasteiger partial charge >= 0.3 is 0 Å². The van der Waals surface area contributed by atoms with Gasteiger partial charge in [-0.3, -0.25) is 9.98 Å². The number of rotatable bonds is 2. The minimum absolute atomic E-state index is 0.771. The number of thioether (sulfide) groups is 1. The molecule has 1 aromatic rings. The summed E-state index contributed by atoms with van der Waals surface area (Å²) in [6, 6.07) is 5.92. The van der Waals surface area contributed by atoms with Crippen molar-refractivity contribution in [3.05, 3.63) is 30.1 Å². The fraction of sp³-hybridized carbons (Fsp3) is 0.333. The zero-order valence-electron chi connectivity index (χ0n) is 7.23. The van der Waals surface area contributed by atoms with Gasteiger partial charge in [0.2, 0.25) is 0 Å². The summed E-state index contributed by atoms with van der Waals surface area (Å²) in [6.07, 6.45) is 1.81. The molecular formula is C9H11N3S. The van der Waals surface area contributed by atoms with E-state index in [-0.39, 0.29) is 0 Å². The van der Waals surface area contributed by atoms with E-state index in [0.29, 0.717) is 0 Å². The van der Waals surface area contributed by atoms with Gasteiger partial charge in [0.1, 0.15) is 0 Å². The Balaban J connectivity index is 1.86. The molecule has 0 spiro atoms. The van der Waals surface area contributed by atoms with Crippen molar-refractivity contribution < 1.29 is 0 Å². The van der Waals surface area contributed by atoms with Gasteiger partial charge in [0.05, 0.1) is 18.8 Å². The second kappa shape index (κ2) is 4.28. The molecule has 0 saturated carbocycles. The van der Waals surface area contributed by atoms with Crippen molar-refractivity contribution in [1.29, 1.82) is 0 Å². The molecule has 4 heteroatoms. The number of aromatic nitrogens is 1. The van der Waals surface area contributed by atoms with Crippen LogP contribution in [0.3, 0.4) is 0 Å². The first kappa shape index (κ1) is 8.56. The lowest BCUT2D eigenvalue weighted by Gasteiger charge is -2.03. The molecule has 0 aliphatic carbocycles. The Kier molecular flexibility index (Phi) is 2.82. The van der Waals surface area contributed by atoms with Crippen LogP contribution >= 0.6 is 11.8 Å². The van der Waals surface area contributed by atoms with E-state index in [0.717, 1.165) is 29.7 Å². The van der Waals surface area contributed by atoms with Crippen molar-refractivity contribution >= 4 is 16.9 Å². The molecule has 2 rings (SSSR count). The lowest BCUT2D eigenvalue weighted by atomic mass is 10.3. The number of amidine groups is 1. The van der Waals surface area contributed by atoms with Crippen molar-refractivity contribution in [3.8, 4) is 0 Å².